The van der Waals surface area contributed by atoms with Crippen LogP contribution in [0, 0.1) is 6.92 Å². The Labute approximate surface area is 184 Å². The van der Waals surface area contributed by atoms with Crippen molar-refractivity contribution < 1.29 is 9.53 Å². The van der Waals surface area contributed by atoms with Crippen molar-refractivity contribution in [1.29, 1.82) is 0 Å². The Morgan fingerprint density at radius 2 is 1.59 bits per heavy atom. The molecule has 6 nitrogen and oxygen atoms in total. The van der Waals surface area contributed by atoms with E-state index >= 15 is 0 Å². The molecule has 2 heterocycles. The molecule has 5 aromatic rings. The fourth-order valence-corrected chi connectivity index (χ4v) is 4.57. The molecule has 0 atom stereocenters. The molecule has 0 amide bonds. The molecule has 0 unspecified atom stereocenters. The van der Waals surface area contributed by atoms with Gasteiger partial charge in [-0.3, -0.25) is 9.13 Å². The molecule has 32 heavy (non-hydrogen) atoms. The summed E-state index contributed by atoms with van der Waals surface area (Å²) in [6.45, 7) is 2.51. The first-order valence-corrected chi connectivity index (χ1v) is 10.4. The van der Waals surface area contributed by atoms with Crippen LogP contribution in [0.5, 0.6) is 0 Å². The van der Waals surface area contributed by atoms with Crippen LogP contribution in [0.2, 0.25) is 0 Å². The summed E-state index contributed by atoms with van der Waals surface area (Å²) in [4.78, 5) is 26.1. The number of aryl methyl sites for hydroxylation is 2. The Kier molecular flexibility index (Phi) is 4.70. The molecule has 160 valence electrons. The Bertz CT molecular complexity index is 1550. The van der Waals surface area contributed by atoms with E-state index < -0.39 is 5.97 Å². The van der Waals surface area contributed by atoms with Gasteiger partial charge >= 0.3 is 11.7 Å². The lowest BCUT2D eigenvalue weighted by atomic mass is 10.1. The van der Waals surface area contributed by atoms with Gasteiger partial charge in [-0.25, -0.2) is 9.59 Å². The number of hydrogen-bond acceptors (Lipinski definition) is 3. The average Bonchev–Trinajstić information content (AvgIpc) is 3.28. The zero-order valence-corrected chi connectivity index (χ0v) is 18.2. The van der Waals surface area contributed by atoms with E-state index in [1.807, 2.05) is 43.4 Å². The Balaban J connectivity index is 1.76. The lowest BCUT2D eigenvalue weighted by Crippen LogP contribution is -2.25. The number of carbonyl (C=O) groups is 1. The van der Waals surface area contributed by atoms with Gasteiger partial charge in [0.15, 0.2) is 0 Å². The van der Waals surface area contributed by atoms with E-state index in [4.69, 9.17) is 4.74 Å². The molecule has 0 fully saturated rings. The lowest BCUT2D eigenvalue weighted by molar-refractivity contribution is 0.0601. The van der Waals surface area contributed by atoms with Gasteiger partial charge in [0.05, 0.1) is 35.9 Å². The summed E-state index contributed by atoms with van der Waals surface area (Å²) in [5.74, 6) is -0.478. The van der Waals surface area contributed by atoms with Crippen LogP contribution in [0.1, 0.15) is 21.5 Å². The predicted molar refractivity (Wildman–Crippen MR) is 126 cm³/mol. The number of hydrogen-bond donors (Lipinski definition) is 0. The first kappa shape index (κ1) is 19.9. The van der Waals surface area contributed by atoms with Gasteiger partial charge in [0.1, 0.15) is 0 Å². The minimum atomic E-state index is -0.478. The standard InChI is InChI=1S/C26H23N3O3/c1-17-9-8-14-23-24(17)18(15-27(23)2)16-28-21-12-6-7-13-22(21)29(26(28)31)20-11-5-4-10-19(20)25(30)32-3/h4-15H,16H2,1-3H3. The molecule has 0 N–H and O–H groups in total. The maximum absolute atomic E-state index is 13.8. The van der Waals surface area contributed by atoms with E-state index in [1.165, 1.54) is 12.7 Å². The number of aromatic nitrogens is 3. The molecule has 6 heteroatoms. The second kappa shape index (κ2) is 7.57. The minimum Gasteiger partial charge on any atom is -0.465 e. The van der Waals surface area contributed by atoms with E-state index in [1.54, 1.807) is 27.3 Å². The highest BCUT2D eigenvalue weighted by Gasteiger charge is 2.20. The summed E-state index contributed by atoms with van der Waals surface area (Å²) in [7, 11) is 3.36. The molecule has 0 bridgehead atoms. The summed E-state index contributed by atoms with van der Waals surface area (Å²) in [5.41, 5.74) is 5.58. The van der Waals surface area contributed by atoms with E-state index in [0.717, 1.165) is 27.5 Å². The summed E-state index contributed by atoms with van der Waals surface area (Å²) in [6.07, 6.45) is 2.08. The topological polar surface area (TPSA) is 58.2 Å². The maximum atomic E-state index is 13.8. The minimum absolute atomic E-state index is 0.201. The second-order valence-electron chi connectivity index (χ2n) is 7.94. The van der Waals surface area contributed by atoms with Crippen LogP contribution >= 0.6 is 0 Å². The quantitative estimate of drug-likeness (QED) is 0.400. The third kappa shape index (κ3) is 2.95. The molecule has 0 spiro atoms. The second-order valence-corrected chi connectivity index (χ2v) is 7.94. The SMILES string of the molecule is COC(=O)c1ccccc1-n1c(=O)n(Cc2cn(C)c3cccc(C)c23)c2ccccc21. The van der Waals surface area contributed by atoms with Crippen LogP contribution in [0.3, 0.4) is 0 Å². The van der Waals surface area contributed by atoms with Crippen LogP contribution in [0.25, 0.3) is 27.6 Å². The number of ether oxygens (including phenoxy) is 1. The molecule has 0 saturated carbocycles. The molecule has 0 saturated heterocycles. The van der Waals surface area contributed by atoms with Crippen molar-refractivity contribution in [1.82, 2.24) is 13.7 Å². The van der Waals surface area contributed by atoms with E-state index in [0.29, 0.717) is 17.8 Å². The van der Waals surface area contributed by atoms with Crippen LogP contribution < -0.4 is 5.69 Å². The van der Waals surface area contributed by atoms with Gasteiger partial charge in [-0.05, 0) is 48.4 Å². The van der Waals surface area contributed by atoms with Gasteiger partial charge in [0, 0.05) is 24.1 Å². The molecule has 0 aliphatic heterocycles. The molecule has 0 radical (unpaired) electrons. The highest BCUT2D eigenvalue weighted by Crippen LogP contribution is 2.27. The lowest BCUT2D eigenvalue weighted by Gasteiger charge is -2.08. The van der Waals surface area contributed by atoms with Gasteiger partial charge in [0.2, 0.25) is 0 Å². The van der Waals surface area contributed by atoms with Crippen molar-refractivity contribution in [3.05, 3.63) is 100 Å². The van der Waals surface area contributed by atoms with E-state index in [9.17, 15) is 9.59 Å². The zero-order chi connectivity index (χ0) is 22.4. The van der Waals surface area contributed by atoms with Crippen LogP contribution in [-0.4, -0.2) is 26.8 Å². The number of nitrogens with zero attached hydrogens (tertiary/aromatic N) is 3. The molecule has 0 aliphatic carbocycles. The molecular weight excluding hydrogens is 402 g/mol. The Morgan fingerprint density at radius 3 is 2.38 bits per heavy atom. The van der Waals surface area contributed by atoms with E-state index in [2.05, 4.69) is 29.8 Å². The average molecular weight is 425 g/mol. The number of benzene rings is 3. The molecule has 0 aliphatic rings. The van der Waals surface area contributed by atoms with Crippen molar-refractivity contribution >= 4 is 27.9 Å². The van der Waals surface area contributed by atoms with Gasteiger partial charge in [0.25, 0.3) is 0 Å². The van der Waals surface area contributed by atoms with Crippen molar-refractivity contribution in [3.63, 3.8) is 0 Å². The van der Waals surface area contributed by atoms with Gasteiger partial charge < -0.3 is 9.30 Å². The summed E-state index contributed by atoms with van der Waals surface area (Å²) < 4.78 is 10.4. The third-order valence-electron chi connectivity index (χ3n) is 6.02. The number of esters is 1. The largest absolute Gasteiger partial charge is 0.465 e. The van der Waals surface area contributed by atoms with Crippen molar-refractivity contribution in [3.8, 4) is 5.69 Å². The summed E-state index contributed by atoms with van der Waals surface area (Å²) in [6, 6.07) is 20.9. The van der Waals surface area contributed by atoms with Crippen molar-refractivity contribution in [2.45, 2.75) is 13.5 Å². The fraction of sp³-hybridized carbons (Fsp3) is 0.154. The van der Waals surface area contributed by atoms with Crippen molar-refractivity contribution in [2.24, 2.45) is 7.05 Å². The monoisotopic (exact) mass is 425 g/mol. The smallest absolute Gasteiger partial charge is 0.339 e. The van der Waals surface area contributed by atoms with E-state index in [-0.39, 0.29) is 5.69 Å². The number of para-hydroxylation sites is 3. The summed E-state index contributed by atoms with van der Waals surface area (Å²) >= 11 is 0. The third-order valence-corrected chi connectivity index (χ3v) is 6.02. The first-order valence-electron chi connectivity index (χ1n) is 10.4. The van der Waals surface area contributed by atoms with Crippen LogP contribution in [0.15, 0.2) is 77.7 Å². The highest BCUT2D eigenvalue weighted by molar-refractivity contribution is 5.94. The van der Waals surface area contributed by atoms with Gasteiger partial charge in [-0.15, -0.1) is 0 Å². The molecule has 5 rings (SSSR count). The highest BCUT2D eigenvalue weighted by atomic mass is 16.5. The first-order chi connectivity index (χ1) is 15.5. The normalized spacial score (nSPS) is 11.3. The molecular formula is C26H23N3O3. The number of methoxy groups -OCH3 is 1. The number of fused-ring (bicyclic) bond motifs is 2. The molecule has 2 aromatic heterocycles. The predicted octanol–water partition coefficient (Wildman–Crippen LogP) is 4.43. The number of carbonyl (C=O) groups excluding carboxylic acids is 1. The number of rotatable bonds is 4. The van der Waals surface area contributed by atoms with Crippen LogP contribution in [-0.2, 0) is 18.3 Å². The Hall–Kier alpha value is -4.06. The number of imidazole rings is 1. The molecule has 3 aromatic carbocycles. The van der Waals surface area contributed by atoms with Gasteiger partial charge in [-0.1, -0.05) is 36.4 Å². The maximum Gasteiger partial charge on any atom is 0.339 e. The van der Waals surface area contributed by atoms with Crippen molar-refractivity contribution in [2.75, 3.05) is 7.11 Å². The summed E-state index contributed by atoms with van der Waals surface area (Å²) in [5, 5.41) is 1.16. The Morgan fingerprint density at radius 1 is 0.906 bits per heavy atom. The van der Waals surface area contributed by atoms with Crippen LogP contribution in [0.4, 0.5) is 0 Å². The fourth-order valence-electron chi connectivity index (χ4n) is 4.57. The van der Waals surface area contributed by atoms with Gasteiger partial charge in [-0.2, -0.15) is 0 Å². The zero-order valence-electron chi connectivity index (χ0n) is 18.2.